The van der Waals surface area contributed by atoms with Gasteiger partial charge >= 0.3 is 5.97 Å². The van der Waals surface area contributed by atoms with Gasteiger partial charge in [-0.05, 0) is 69.6 Å². The molecule has 0 spiro atoms. The molecule has 31 heavy (non-hydrogen) atoms. The van der Waals surface area contributed by atoms with Gasteiger partial charge in [-0.1, -0.05) is 49.7 Å². The summed E-state index contributed by atoms with van der Waals surface area (Å²) in [5.74, 6) is 1.18. The van der Waals surface area contributed by atoms with Gasteiger partial charge in [0.05, 0.1) is 17.3 Å². The number of methoxy groups -OCH3 is 1. The first-order chi connectivity index (χ1) is 15.1. The van der Waals surface area contributed by atoms with Crippen LogP contribution in [0.1, 0.15) is 30.9 Å². The second kappa shape index (κ2) is 9.51. The van der Waals surface area contributed by atoms with E-state index in [0.717, 1.165) is 38.3 Å². The monoisotopic (exact) mass is 527 g/mol. The first-order valence-corrected chi connectivity index (χ1v) is 11.2. The van der Waals surface area contributed by atoms with Crippen LogP contribution in [-0.4, -0.2) is 25.6 Å². The molecular weight excluding hydrogens is 505 g/mol. The number of ether oxygens (including phenoxy) is 3. The molecule has 5 nitrogen and oxygen atoms in total. The molecule has 1 aliphatic rings. The van der Waals surface area contributed by atoms with Crippen molar-refractivity contribution in [1.82, 2.24) is 0 Å². The van der Waals surface area contributed by atoms with Crippen molar-refractivity contribution < 1.29 is 19.0 Å². The van der Waals surface area contributed by atoms with E-state index in [1.54, 1.807) is 13.2 Å². The molecule has 1 heterocycles. The highest BCUT2D eigenvalue weighted by molar-refractivity contribution is 14.1. The van der Waals surface area contributed by atoms with E-state index >= 15 is 0 Å². The summed E-state index contributed by atoms with van der Waals surface area (Å²) < 4.78 is 17.8. The van der Waals surface area contributed by atoms with Crippen molar-refractivity contribution in [1.29, 1.82) is 0 Å². The molecule has 3 aromatic rings. The van der Waals surface area contributed by atoms with Crippen molar-refractivity contribution in [3.63, 3.8) is 0 Å². The van der Waals surface area contributed by atoms with Crippen LogP contribution in [0.2, 0.25) is 0 Å². The lowest BCUT2D eigenvalue weighted by atomic mass is 10.0. The number of rotatable bonds is 7. The molecule has 0 atom stereocenters. The Morgan fingerprint density at radius 2 is 1.94 bits per heavy atom. The van der Waals surface area contributed by atoms with Crippen LogP contribution in [0.4, 0.5) is 0 Å². The number of unbranched alkanes of at least 4 members (excludes halogenated alkanes) is 1. The molecule has 0 fully saturated rings. The summed E-state index contributed by atoms with van der Waals surface area (Å²) in [5, 5.41) is 2.05. The van der Waals surface area contributed by atoms with Crippen LogP contribution in [0.15, 0.2) is 65.3 Å². The van der Waals surface area contributed by atoms with E-state index in [0.29, 0.717) is 24.0 Å². The van der Waals surface area contributed by atoms with Gasteiger partial charge in [-0.3, -0.25) is 0 Å². The second-order valence-electron chi connectivity index (χ2n) is 7.10. The number of carbonyl (C=O) groups excluding carboxylic acids is 1. The summed E-state index contributed by atoms with van der Waals surface area (Å²) >= 11 is 2.22. The molecular formula is C25H22INO4. The Kier molecular flexibility index (Phi) is 6.56. The Balaban J connectivity index is 1.68. The summed E-state index contributed by atoms with van der Waals surface area (Å²) in [6.07, 6.45) is 3.74. The molecule has 0 bridgehead atoms. The van der Waals surface area contributed by atoms with Crippen molar-refractivity contribution in [2.45, 2.75) is 19.8 Å². The van der Waals surface area contributed by atoms with Crippen molar-refractivity contribution in [2.75, 3.05) is 13.7 Å². The molecule has 6 heteroatoms. The predicted octanol–water partition coefficient (Wildman–Crippen LogP) is 5.98. The van der Waals surface area contributed by atoms with E-state index in [2.05, 4.69) is 34.5 Å². The van der Waals surface area contributed by atoms with Crippen LogP contribution in [0.3, 0.4) is 0 Å². The molecule has 0 aliphatic carbocycles. The van der Waals surface area contributed by atoms with E-state index in [1.807, 2.05) is 54.6 Å². The second-order valence-corrected chi connectivity index (χ2v) is 8.26. The quantitative estimate of drug-likeness (QED) is 0.164. The first kappa shape index (κ1) is 21.4. The molecule has 0 amide bonds. The van der Waals surface area contributed by atoms with Crippen LogP contribution in [-0.2, 0) is 9.53 Å². The van der Waals surface area contributed by atoms with E-state index in [1.165, 1.54) is 0 Å². The summed E-state index contributed by atoms with van der Waals surface area (Å²) in [5.41, 5.74) is 1.83. The summed E-state index contributed by atoms with van der Waals surface area (Å²) in [4.78, 5) is 17.0. The number of nitrogens with zero attached hydrogens (tertiary/aromatic N) is 1. The standard InChI is InChI=1S/C25H22INO4/c1-3-4-12-30-23-20(26)13-16(15-22(23)29-2)14-21-25(28)31-24(27-21)19-11-7-9-17-8-5-6-10-18(17)19/h5-11,13-15H,3-4,12H2,1-2H3. The minimum Gasteiger partial charge on any atom is -0.493 e. The average Bonchev–Trinajstić information content (AvgIpc) is 3.14. The Bertz CT molecular complexity index is 1190. The Morgan fingerprint density at radius 3 is 2.74 bits per heavy atom. The number of hydrogen-bond donors (Lipinski definition) is 0. The zero-order chi connectivity index (χ0) is 21.8. The zero-order valence-electron chi connectivity index (χ0n) is 17.4. The Hall–Kier alpha value is -2.87. The maximum absolute atomic E-state index is 12.5. The van der Waals surface area contributed by atoms with E-state index in [4.69, 9.17) is 14.2 Å². The summed E-state index contributed by atoms with van der Waals surface area (Å²) in [6.45, 7) is 2.75. The Morgan fingerprint density at radius 1 is 1.13 bits per heavy atom. The number of halogens is 1. The molecule has 0 saturated heterocycles. The van der Waals surface area contributed by atoms with E-state index < -0.39 is 5.97 Å². The molecule has 0 aromatic heterocycles. The highest BCUT2D eigenvalue weighted by Crippen LogP contribution is 2.35. The van der Waals surface area contributed by atoms with Crippen LogP contribution >= 0.6 is 22.6 Å². The molecule has 0 unspecified atom stereocenters. The molecule has 158 valence electrons. The number of aliphatic imine (C=N–C) groups is 1. The molecule has 3 aromatic carbocycles. The minimum absolute atomic E-state index is 0.250. The van der Waals surface area contributed by atoms with Gasteiger partial charge in [-0.2, -0.15) is 0 Å². The number of hydrogen-bond acceptors (Lipinski definition) is 5. The fraction of sp³-hybridized carbons (Fsp3) is 0.200. The third-order valence-corrected chi connectivity index (χ3v) is 5.74. The fourth-order valence-electron chi connectivity index (χ4n) is 3.38. The van der Waals surface area contributed by atoms with Gasteiger partial charge in [-0.25, -0.2) is 9.79 Å². The topological polar surface area (TPSA) is 57.1 Å². The zero-order valence-corrected chi connectivity index (χ0v) is 19.5. The van der Waals surface area contributed by atoms with Crippen LogP contribution in [0, 0.1) is 3.57 Å². The minimum atomic E-state index is -0.472. The van der Waals surface area contributed by atoms with E-state index in [9.17, 15) is 4.79 Å². The van der Waals surface area contributed by atoms with Crippen LogP contribution in [0.25, 0.3) is 16.8 Å². The molecule has 0 saturated carbocycles. The number of benzene rings is 3. The maximum Gasteiger partial charge on any atom is 0.363 e. The summed E-state index contributed by atoms with van der Waals surface area (Å²) in [6, 6.07) is 17.6. The van der Waals surface area contributed by atoms with Gasteiger partial charge in [0.15, 0.2) is 17.2 Å². The lowest BCUT2D eigenvalue weighted by Gasteiger charge is -2.13. The fourth-order valence-corrected chi connectivity index (χ4v) is 4.16. The third-order valence-electron chi connectivity index (χ3n) is 4.94. The van der Waals surface area contributed by atoms with Crippen molar-refractivity contribution in [3.05, 3.63) is 75.0 Å². The van der Waals surface area contributed by atoms with Crippen LogP contribution < -0.4 is 9.47 Å². The van der Waals surface area contributed by atoms with Crippen molar-refractivity contribution in [2.24, 2.45) is 4.99 Å². The highest BCUT2D eigenvalue weighted by Gasteiger charge is 2.25. The van der Waals surface area contributed by atoms with Crippen molar-refractivity contribution in [3.8, 4) is 11.5 Å². The van der Waals surface area contributed by atoms with Gasteiger partial charge < -0.3 is 14.2 Å². The lowest BCUT2D eigenvalue weighted by Crippen LogP contribution is -2.06. The van der Waals surface area contributed by atoms with Crippen molar-refractivity contribution >= 4 is 51.3 Å². The van der Waals surface area contributed by atoms with Gasteiger partial charge in [0.2, 0.25) is 5.90 Å². The predicted molar refractivity (Wildman–Crippen MR) is 131 cm³/mol. The van der Waals surface area contributed by atoms with E-state index in [-0.39, 0.29) is 5.70 Å². The summed E-state index contributed by atoms with van der Waals surface area (Å²) in [7, 11) is 1.61. The highest BCUT2D eigenvalue weighted by atomic mass is 127. The lowest BCUT2D eigenvalue weighted by molar-refractivity contribution is -0.129. The number of esters is 1. The molecule has 1 aliphatic heterocycles. The largest absolute Gasteiger partial charge is 0.493 e. The average molecular weight is 527 g/mol. The maximum atomic E-state index is 12.5. The molecule has 0 N–H and O–H groups in total. The number of cyclic esters (lactones) is 1. The first-order valence-electron chi connectivity index (χ1n) is 10.1. The van der Waals surface area contributed by atoms with Gasteiger partial charge in [-0.15, -0.1) is 0 Å². The van der Waals surface area contributed by atoms with Crippen LogP contribution in [0.5, 0.6) is 11.5 Å². The molecule has 4 rings (SSSR count). The smallest absolute Gasteiger partial charge is 0.363 e. The third kappa shape index (κ3) is 4.58. The molecule has 0 radical (unpaired) electrons. The number of fused-ring (bicyclic) bond motifs is 1. The Labute approximate surface area is 194 Å². The van der Waals surface area contributed by atoms with Gasteiger partial charge in [0.25, 0.3) is 0 Å². The van der Waals surface area contributed by atoms with Gasteiger partial charge in [0.1, 0.15) is 0 Å². The normalized spacial score (nSPS) is 14.6. The van der Waals surface area contributed by atoms with Gasteiger partial charge in [0, 0.05) is 5.56 Å². The SMILES string of the molecule is CCCCOc1c(I)cc(C=C2N=C(c3cccc4ccccc34)OC2=O)cc1OC. The number of carbonyl (C=O) groups is 1.